The zero-order valence-corrected chi connectivity index (χ0v) is 15.5. The fourth-order valence-electron chi connectivity index (χ4n) is 2.69. The largest absolute Gasteiger partial charge is 0.493 e. The number of methoxy groups -OCH3 is 2. The van der Waals surface area contributed by atoms with Gasteiger partial charge in [0, 0.05) is 6.61 Å². The molecule has 0 aliphatic heterocycles. The average molecular weight is 356 g/mol. The van der Waals surface area contributed by atoms with Crippen molar-refractivity contribution in [1.29, 1.82) is 0 Å². The zero-order valence-electron chi connectivity index (χ0n) is 15.5. The highest BCUT2D eigenvalue weighted by Gasteiger charge is 2.16. The fourth-order valence-corrected chi connectivity index (χ4v) is 2.69. The van der Waals surface area contributed by atoms with Crippen molar-refractivity contribution in [1.82, 2.24) is 0 Å². The van der Waals surface area contributed by atoms with Crippen LogP contribution in [-0.2, 0) is 6.42 Å². The summed E-state index contributed by atoms with van der Waals surface area (Å²) in [5.74, 6) is 0.909. The van der Waals surface area contributed by atoms with Crippen molar-refractivity contribution in [2.45, 2.75) is 20.3 Å². The number of benzene rings is 2. The van der Waals surface area contributed by atoms with Crippen LogP contribution in [0.3, 0.4) is 0 Å². The van der Waals surface area contributed by atoms with Crippen LogP contribution in [-0.4, -0.2) is 25.9 Å². The molecule has 0 aliphatic carbocycles. The van der Waals surface area contributed by atoms with Crippen LogP contribution in [0.2, 0.25) is 0 Å². The lowest BCUT2D eigenvalue weighted by atomic mass is 10.0. The van der Waals surface area contributed by atoms with Gasteiger partial charge in [-0.2, -0.15) is 0 Å². The fraction of sp³-hybridized carbons (Fsp3) is 0.286. The maximum Gasteiger partial charge on any atom is 0.204 e. The third-order valence-electron chi connectivity index (χ3n) is 3.95. The monoisotopic (exact) mass is 356 g/mol. The van der Waals surface area contributed by atoms with Crippen LogP contribution in [0.25, 0.3) is 22.1 Å². The molecule has 0 radical (unpaired) electrons. The van der Waals surface area contributed by atoms with Crippen LogP contribution in [0.1, 0.15) is 19.4 Å². The van der Waals surface area contributed by atoms with Gasteiger partial charge in [-0.05, 0) is 29.7 Å². The van der Waals surface area contributed by atoms with Crippen LogP contribution in [0, 0.1) is 0 Å². The number of fused-ring (bicyclic) bond motifs is 1. The third kappa shape index (κ3) is 3.73. The lowest BCUT2D eigenvalue weighted by molar-refractivity contribution is 0.299. The molecule has 1 heterocycles. The third-order valence-corrected chi connectivity index (χ3v) is 3.95. The highest BCUT2D eigenvalue weighted by atomic mass is 16.5. The molecule has 5 heteroatoms. The Morgan fingerprint density at radius 1 is 1.00 bits per heavy atom. The van der Waals surface area contributed by atoms with Gasteiger partial charge in [-0.15, -0.1) is 0 Å². The Hall–Kier alpha value is -2.79. The minimum absolute atomic E-state index is 0.0963. The highest BCUT2D eigenvalue weighted by molar-refractivity contribution is 5.88. The molecule has 0 unspecified atom stereocenters. The predicted octanol–water partition coefficient (Wildman–Crippen LogP) is 4.04. The van der Waals surface area contributed by atoms with Crippen molar-refractivity contribution in [2.75, 3.05) is 20.8 Å². The van der Waals surface area contributed by atoms with E-state index in [1.165, 1.54) is 20.5 Å². The molecule has 0 fully saturated rings. The van der Waals surface area contributed by atoms with Gasteiger partial charge < -0.3 is 19.0 Å². The Balaban J connectivity index is 0.00000117. The van der Waals surface area contributed by atoms with Gasteiger partial charge >= 0.3 is 0 Å². The normalized spacial score (nSPS) is 10.2. The number of aliphatic hydroxyl groups is 1. The summed E-state index contributed by atoms with van der Waals surface area (Å²) in [4.78, 5) is 12.8. The van der Waals surface area contributed by atoms with Gasteiger partial charge in [0.2, 0.25) is 11.2 Å². The summed E-state index contributed by atoms with van der Waals surface area (Å²) >= 11 is 0. The summed E-state index contributed by atoms with van der Waals surface area (Å²) in [5, 5.41) is 9.41. The van der Waals surface area contributed by atoms with Crippen LogP contribution < -0.4 is 14.9 Å². The smallest absolute Gasteiger partial charge is 0.204 e. The molecule has 0 bridgehead atoms. The molecule has 3 aromatic rings. The van der Waals surface area contributed by atoms with E-state index < -0.39 is 0 Å². The van der Waals surface area contributed by atoms with E-state index in [4.69, 9.17) is 19.0 Å². The molecular formula is C21H24O5. The van der Waals surface area contributed by atoms with Crippen molar-refractivity contribution in [3.8, 4) is 22.6 Å². The van der Waals surface area contributed by atoms with E-state index in [2.05, 4.69) is 0 Å². The molecule has 138 valence electrons. The van der Waals surface area contributed by atoms with Gasteiger partial charge in [0.05, 0.1) is 25.2 Å². The van der Waals surface area contributed by atoms with E-state index in [0.29, 0.717) is 34.5 Å². The Kier molecular flexibility index (Phi) is 6.81. The summed E-state index contributed by atoms with van der Waals surface area (Å²) in [6.07, 6.45) is 2.03. The van der Waals surface area contributed by atoms with Crippen molar-refractivity contribution in [3.63, 3.8) is 0 Å². The quantitative estimate of drug-likeness (QED) is 0.747. The molecule has 2 aromatic carbocycles. The summed E-state index contributed by atoms with van der Waals surface area (Å²) < 4.78 is 16.2. The Labute approximate surface area is 152 Å². The van der Waals surface area contributed by atoms with Gasteiger partial charge in [-0.3, -0.25) is 4.79 Å². The number of hydrogen-bond donors (Lipinski definition) is 1. The second-order valence-corrected chi connectivity index (χ2v) is 5.33. The van der Waals surface area contributed by atoms with E-state index in [1.807, 2.05) is 38.1 Å². The first-order valence-electron chi connectivity index (χ1n) is 8.56. The zero-order chi connectivity index (χ0) is 19.1. The highest BCUT2D eigenvalue weighted by Crippen LogP contribution is 2.35. The van der Waals surface area contributed by atoms with Crippen molar-refractivity contribution < 1.29 is 19.0 Å². The Morgan fingerprint density at radius 2 is 1.69 bits per heavy atom. The minimum atomic E-state index is -0.132. The maximum absolute atomic E-state index is 12.8. The van der Waals surface area contributed by atoms with Crippen molar-refractivity contribution >= 4 is 11.0 Å². The van der Waals surface area contributed by atoms with Gasteiger partial charge in [-0.25, -0.2) is 0 Å². The summed E-state index contributed by atoms with van der Waals surface area (Å²) in [6.45, 7) is 4.10. The Bertz CT molecular complexity index is 910. The average Bonchev–Trinajstić information content (AvgIpc) is 2.70. The van der Waals surface area contributed by atoms with Crippen LogP contribution in [0.4, 0.5) is 0 Å². The second-order valence-electron chi connectivity index (χ2n) is 5.33. The van der Waals surface area contributed by atoms with E-state index in [0.717, 1.165) is 11.1 Å². The first-order valence-corrected chi connectivity index (χ1v) is 8.56. The molecule has 0 spiro atoms. The van der Waals surface area contributed by atoms with Gasteiger partial charge in [-0.1, -0.05) is 38.1 Å². The summed E-state index contributed by atoms with van der Waals surface area (Å²) in [5.41, 5.74) is 2.49. The van der Waals surface area contributed by atoms with E-state index in [1.54, 1.807) is 12.1 Å². The lowest BCUT2D eigenvalue weighted by Gasteiger charge is -2.10. The molecule has 1 aromatic heterocycles. The predicted molar refractivity (Wildman–Crippen MR) is 103 cm³/mol. The van der Waals surface area contributed by atoms with E-state index in [-0.39, 0.29) is 12.0 Å². The van der Waals surface area contributed by atoms with Crippen molar-refractivity contribution in [3.05, 3.63) is 58.4 Å². The lowest BCUT2D eigenvalue weighted by Crippen LogP contribution is -2.06. The molecule has 26 heavy (non-hydrogen) atoms. The first kappa shape index (κ1) is 19.5. The van der Waals surface area contributed by atoms with Gasteiger partial charge in [0.25, 0.3) is 0 Å². The topological polar surface area (TPSA) is 68.9 Å². The van der Waals surface area contributed by atoms with Gasteiger partial charge in [0.1, 0.15) is 6.26 Å². The van der Waals surface area contributed by atoms with E-state index in [9.17, 15) is 4.79 Å². The van der Waals surface area contributed by atoms with Crippen LogP contribution in [0.15, 0.2) is 51.9 Å². The number of hydrogen-bond acceptors (Lipinski definition) is 5. The Morgan fingerprint density at radius 3 is 2.27 bits per heavy atom. The molecule has 1 N–H and O–H groups in total. The first-order chi connectivity index (χ1) is 12.7. The summed E-state index contributed by atoms with van der Waals surface area (Å²) in [6, 6.07) is 10.8. The maximum atomic E-state index is 12.8. The molecule has 0 atom stereocenters. The van der Waals surface area contributed by atoms with Crippen LogP contribution in [0.5, 0.6) is 11.5 Å². The SMILES string of the molecule is CC.COc1ccc2c(=O)c(-c3ccc(CCO)cc3)coc2c1OC. The molecule has 3 rings (SSSR count). The minimum Gasteiger partial charge on any atom is -0.493 e. The molecular weight excluding hydrogens is 332 g/mol. The number of ether oxygens (including phenoxy) is 2. The summed E-state index contributed by atoms with van der Waals surface area (Å²) in [7, 11) is 3.04. The van der Waals surface area contributed by atoms with Crippen molar-refractivity contribution in [2.24, 2.45) is 0 Å². The standard InChI is InChI=1S/C19H18O5.C2H6/c1-22-16-8-7-14-17(21)15(11-24-18(14)19(16)23-2)13-5-3-12(4-6-13)9-10-20;1-2/h3-8,11,20H,9-10H2,1-2H3;1-2H3. The van der Waals surface area contributed by atoms with Gasteiger partial charge in [0.15, 0.2) is 11.3 Å². The molecule has 0 saturated carbocycles. The van der Waals surface area contributed by atoms with E-state index >= 15 is 0 Å². The molecule has 0 aliphatic rings. The second kappa shape index (κ2) is 9.06. The molecule has 5 nitrogen and oxygen atoms in total. The van der Waals surface area contributed by atoms with Crippen LogP contribution >= 0.6 is 0 Å². The number of aliphatic hydroxyl groups excluding tert-OH is 1. The molecule has 0 saturated heterocycles. The number of rotatable bonds is 5. The molecule has 0 amide bonds.